The Kier molecular flexibility index (Phi) is 6.21. The number of para-hydroxylation sites is 1. The summed E-state index contributed by atoms with van der Waals surface area (Å²) in [6.07, 6.45) is 0.686. The van der Waals surface area contributed by atoms with Crippen LogP contribution in [0.5, 0.6) is 5.75 Å². The standard InChI is InChI=1S/C23H20N2O2/c24-16-20-13-7-8-14-22(20)27-17-23(26)25-21(19-11-5-2-6-12-19)15-18-9-3-1-4-10-18/h1-14,21H,15,17H2,(H,25,26)/t21-/m0/s1. The van der Waals surface area contributed by atoms with E-state index in [9.17, 15) is 4.79 Å². The highest BCUT2D eigenvalue weighted by Crippen LogP contribution is 2.19. The number of hydrogen-bond donors (Lipinski definition) is 1. The van der Waals surface area contributed by atoms with Gasteiger partial charge in [0.25, 0.3) is 5.91 Å². The summed E-state index contributed by atoms with van der Waals surface area (Å²) in [7, 11) is 0. The van der Waals surface area contributed by atoms with Crippen LogP contribution in [0.2, 0.25) is 0 Å². The molecule has 0 heterocycles. The lowest BCUT2D eigenvalue weighted by Crippen LogP contribution is -2.33. The third kappa shape index (κ3) is 5.20. The van der Waals surface area contributed by atoms with Crippen LogP contribution in [0.25, 0.3) is 0 Å². The molecule has 0 spiro atoms. The van der Waals surface area contributed by atoms with Crippen LogP contribution in [0.4, 0.5) is 0 Å². The molecule has 0 fully saturated rings. The highest BCUT2D eigenvalue weighted by molar-refractivity contribution is 5.78. The highest BCUT2D eigenvalue weighted by Gasteiger charge is 2.16. The van der Waals surface area contributed by atoms with Gasteiger partial charge < -0.3 is 10.1 Å². The second kappa shape index (κ2) is 9.21. The Hall–Kier alpha value is -3.58. The van der Waals surface area contributed by atoms with Crippen molar-refractivity contribution >= 4 is 5.91 Å². The van der Waals surface area contributed by atoms with Crippen LogP contribution in [0, 0.1) is 11.3 Å². The Labute approximate surface area is 159 Å². The number of amides is 1. The van der Waals surface area contributed by atoms with Crippen molar-refractivity contribution in [3.8, 4) is 11.8 Å². The predicted octanol–water partition coefficient (Wildman–Crippen LogP) is 4.04. The quantitative estimate of drug-likeness (QED) is 0.695. The van der Waals surface area contributed by atoms with E-state index in [1.165, 1.54) is 0 Å². The Morgan fingerprint density at radius 2 is 1.56 bits per heavy atom. The maximum atomic E-state index is 12.5. The summed E-state index contributed by atoms with van der Waals surface area (Å²) in [4.78, 5) is 12.5. The van der Waals surface area contributed by atoms with Crippen LogP contribution in [0.1, 0.15) is 22.7 Å². The molecule has 0 aliphatic rings. The lowest BCUT2D eigenvalue weighted by atomic mass is 9.99. The fourth-order valence-electron chi connectivity index (χ4n) is 2.85. The van der Waals surface area contributed by atoms with Gasteiger partial charge in [0.05, 0.1) is 11.6 Å². The van der Waals surface area contributed by atoms with Crippen LogP contribution in [-0.2, 0) is 11.2 Å². The molecule has 3 aromatic carbocycles. The lowest BCUT2D eigenvalue weighted by Gasteiger charge is -2.20. The molecule has 0 aliphatic heterocycles. The normalized spacial score (nSPS) is 11.2. The number of carbonyl (C=O) groups excluding carboxylic acids is 1. The van der Waals surface area contributed by atoms with Crippen LogP contribution in [-0.4, -0.2) is 12.5 Å². The molecular formula is C23H20N2O2. The lowest BCUT2D eigenvalue weighted by molar-refractivity contribution is -0.123. The van der Waals surface area contributed by atoms with Gasteiger partial charge in [-0.1, -0.05) is 72.8 Å². The van der Waals surface area contributed by atoms with Crippen LogP contribution in [0.3, 0.4) is 0 Å². The Balaban J connectivity index is 1.68. The maximum Gasteiger partial charge on any atom is 0.258 e. The SMILES string of the molecule is N#Cc1ccccc1OCC(=O)N[C@@H](Cc1ccccc1)c1ccccc1. The van der Waals surface area contributed by atoms with Crippen molar-refractivity contribution in [3.63, 3.8) is 0 Å². The van der Waals surface area contributed by atoms with Crippen molar-refractivity contribution in [3.05, 3.63) is 102 Å². The second-order valence-corrected chi connectivity index (χ2v) is 6.12. The second-order valence-electron chi connectivity index (χ2n) is 6.12. The van der Waals surface area contributed by atoms with Crippen molar-refractivity contribution in [2.75, 3.05) is 6.61 Å². The molecule has 0 bridgehead atoms. The van der Waals surface area contributed by atoms with Crippen molar-refractivity contribution in [1.82, 2.24) is 5.32 Å². The molecule has 3 aromatic rings. The number of hydrogen-bond acceptors (Lipinski definition) is 3. The molecule has 4 nitrogen and oxygen atoms in total. The summed E-state index contributed by atoms with van der Waals surface area (Å²) in [6.45, 7) is -0.142. The third-order valence-corrected chi connectivity index (χ3v) is 4.19. The van der Waals surface area contributed by atoms with Crippen LogP contribution >= 0.6 is 0 Å². The molecular weight excluding hydrogens is 336 g/mol. The molecule has 1 atom stereocenters. The molecule has 0 saturated heterocycles. The van der Waals surface area contributed by atoms with Crippen LogP contribution < -0.4 is 10.1 Å². The molecule has 3 rings (SSSR count). The molecule has 1 amide bonds. The Morgan fingerprint density at radius 3 is 2.26 bits per heavy atom. The number of benzene rings is 3. The smallest absolute Gasteiger partial charge is 0.258 e. The first-order valence-corrected chi connectivity index (χ1v) is 8.76. The minimum atomic E-state index is -0.229. The molecule has 0 unspecified atom stereocenters. The first-order chi connectivity index (χ1) is 13.3. The number of nitrogens with zero attached hydrogens (tertiary/aromatic N) is 1. The van der Waals surface area contributed by atoms with E-state index in [1.807, 2.05) is 60.7 Å². The van der Waals surface area contributed by atoms with Crippen LogP contribution in [0.15, 0.2) is 84.9 Å². The van der Waals surface area contributed by atoms with Gasteiger partial charge in [0.2, 0.25) is 0 Å². The van der Waals surface area contributed by atoms with E-state index in [-0.39, 0.29) is 18.6 Å². The molecule has 4 heteroatoms. The van der Waals surface area contributed by atoms with Crippen molar-refractivity contribution in [1.29, 1.82) is 5.26 Å². The number of nitrogens with one attached hydrogen (secondary N) is 1. The van der Waals surface area contributed by atoms with Gasteiger partial charge in [0, 0.05) is 0 Å². The summed E-state index contributed by atoms with van der Waals surface area (Å²) in [5.41, 5.74) is 2.59. The van der Waals surface area contributed by atoms with Gasteiger partial charge in [0.1, 0.15) is 11.8 Å². The summed E-state index contributed by atoms with van der Waals surface area (Å²) in [5, 5.41) is 12.2. The number of ether oxygens (including phenoxy) is 1. The van der Waals surface area contributed by atoms with Gasteiger partial charge in [-0.05, 0) is 29.7 Å². The predicted molar refractivity (Wildman–Crippen MR) is 104 cm³/mol. The largest absolute Gasteiger partial charge is 0.482 e. The third-order valence-electron chi connectivity index (χ3n) is 4.19. The summed E-state index contributed by atoms with van der Waals surface area (Å²) in [5.74, 6) is 0.182. The Bertz CT molecular complexity index is 918. The number of nitriles is 1. The zero-order valence-electron chi connectivity index (χ0n) is 14.8. The zero-order valence-corrected chi connectivity index (χ0v) is 14.8. The average molecular weight is 356 g/mol. The highest BCUT2D eigenvalue weighted by atomic mass is 16.5. The van der Waals surface area contributed by atoms with Gasteiger partial charge in [-0.15, -0.1) is 0 Å². The van der Waals surface area contributed by atoms with Crippen molar-refractivity contribution in [2.45, 2.75) is 12.5 Å². The van der Waals surface area contributed by atoms with Gasteiger partial charge >= 0.3 is 0 Å². The van der Waals surface area contributed by atoms with Gasteiger partial charge in [0.15, 0.2) is 6.61 Å². The van der Waals surface area contributed by atoms with Crippen molar-refractivity contribution in [2.24, 2.45) is 0 Å². The molecule has 1 N–H and O–H groups in total. The fourth-order valence-corrected chi connectivity index (χ4v) is 2.85. The van der Waals surface area contributed by atoms with Gasteiger partial charge in [-0.3, -0.25) is 4.79 Å². The number of carbonyl (C=O) groups is 1. The van der Waals surface area contributed by atoms with E-state index in [0.717, 1.165) is 11.1 Å². The first kappa shape index (κ1) is 18.2. The Morgan fingerprint density at radius 1 is 0.926 bits per heavy atom. The fraction of sp³-hybridized carbons (Fsp3) is 0.130. The van der Waals surface area contributed by atoms with Crippen molar-refractivity contribution < 1.29 is 9.53 Å². The molecule has 134 valence electrons. The molecule has 0 aliphatic carbocycles. The van der Waals surface area contributed by atoms with Gasteiger partial charge in [-0.2, -0.15) is 5.26 Å². The average Bonchev–Trinajstić information content (AvgIpc) is 2.73. The molecule has 0 aromatic heterocycles. The topological polar surface area (TPSA) is 62.1 Å². The molecule has 0 saturated carbocycles. The summed E-state index contributed by atoms with van der Waals surface area (Å²) >= 11 is 0. The van der Waals surface area contributed by atoms with E-state index in [4.69, 9.17) is 10.00 Å². The van der Waals surface area contributed by atoms with E-state index in [2.05, 4.69) is 11.4 Å². The molecule has 0 radical (unpaired) electrons. The van der Waals surface area contributed by atoms with E-state index < -0.39 is 0 Å². The maximum absolute atomic E-state index is 12.5. The summed E-state index contributed by atoms with van der Waals surface area (Å²) < 4.78 is 5.54. The number of rotatable bonds is 7. The minimum Gasteiger partial charge on any atom is -0.482 e. The van der Waals surface area contributed by atoms with E-state index >= 15 is 0 Å². The minimum absolute atomic E-state index is 0.142. The summed E-state index contributed by atoms with van der Waals surface area (Å²) in [6, 6.07) is 28.7. The van der Waals surface area contributed by atoms with Gasteiger partial charge in [-0.25, -0.2) is 0 Å². The van der Waals surface area contributed by atoms with E-state index in [0.29, 0.717) is 17.7 Å². The molecule has 27 heavy (non-hydrogen) atoms. The monoisotopic (exact) mass is 356 g/mol. The van der Waals surface area contributed by atoms with E-state index in [1.54, 1.807) is 24.3 Å². The zero-order chi connectivity index (χ0) is 18.9. The first-order valence-electron chi connectivity index (χ1n) is 8.76.